The number of nitrogens with one attached hydrogen (secondary N) is 1. The zero-order valence-electron chi connectivity index (χ0n) is 10.3. The molecule has 1 fully saturated rings. The fourth-order valence-corrected chi connectivity index (χ4v) is 2.09. The molecule has 0 saturated heterocycles. The Hall–Kier alpha value is -1.42. The molecule has 0 radical (unpaired) electrons. The quantitative estimate of drug-likeness (QED) is 0.807. The summed E-state index contributed by atoms with van der Waals surface area (Å²) in [6, 6.07) is 6.31. The minimum absolute atomic E-state index is 0.0713. The van der Waals surface area contributed by atoms with Crippen LogP contribution in [0.3, 0.4) is 0 Å². The molecule has 1 amide bonds. The van der Waals surface area contributed by atoms with Crippen LogP contribution < -0.4 is 5.32 Å². The van der Waals surface area contributed by atoms with Crippen LogP contribution in [0.15, 0.2) is 24.3 Å². The maximum absolute atomic E-state index is 13.3. The van der Waals surface area contributed by atoms with E-state index >= 15 is 0 Å². The van der Waals surface area contributed by atoms with E-state index in [1.54, 1.807) is 18.2 Å². The summed E-state index contributed by atoms with van der Waals surface area (Å²) in [4.78, 5) is 11.7. The zero-order valence-corrected chi connectivity index (χ0v) is 10.3. The van der Waals surface area contributed by atoms with Gasteiger partial charge < -0.3 is 10.4 Å². The molecular formula is C14H18FNO2. The molecule has 1 saturated carbocycles. The van der Waals surface area contributed by atoms with Crippen molar-refractivity contribution in [3.05, 3.63) is 35.6 Å². The topological polar surface area (TPSA) is 49.3 Å². The van der Waals surface area contributed by atoms with Crippen LogP contribution in [0.4, 0.5) is 4.39 Å². The van der Waals surface area contributed by atoms with Crippen LogP contribution in [0.5, 0.6) is 0 Å². The molecule has 0 atom stereocenters. The van der Waals surface area contributed by atoms with Crippen LogP contribution in [0.25, 0.3) is 0 Å². The van der Waals surface area contributed by atoms with Gasteiger partial charge in [-0.05, 0) is 36.3 Å². The van der Waals surface area contributed by atoms with Gasteiger partial charge in [-0.15, -0.1) is 0 Å². The molecule has 1 aliphatic carbocycles. The van der Waals surface area contributed by atoms with Crippen LogP contribution >= 0.6 is 0 Å². The van der Waals surface area contributed by atoms with Gasteiger partial charge in [0.05, 0.1) is 6.42 Å². The number of halogens is 1. The van der Waals surface area contributed by atoms with Crippen LogP contribution in [0.1, 0.15) is 24.8 Å². The summed E-state index contributed by atoms with van der Waals surface area (Å²) < 4.78 is 13.3. The van der Waals surface area contributed by atoms with E-state index < -0.39 is 0 Å². The Kier molecular flexibility index (Phi) is 3.97. The molecular weight excluding hydrogens is 233 g/mol. The van der Waals surface area contributed by atoms with Crippen molar-refractivity contribution in [3.63, 3.8) is 0 Å². The molecule has 0 aromatic heterocycles. The maximum atomic E-state index is 13.3. The summed E-state index contributed by atoms with van der Waals surface area (Å²) in [6.07, 6.45) is 2.90. The van der Waals surface area contributed by atoms with Crippen molar-refractivity contribution in [2.75, 3.05) is 13.2 Å². The second-order valence-corrected chi connectivity index (χ2v) is 5.02. The lowest BCUT2D eigenvalue weighted by molar-refractivity contribution is -0.120. The molecule has 0 heterocycles. The number of benzene rings is 1. The van der Waals surface area contributed by atoms with Gasteiger partial charge in [0.1, 0.15) is 5.82 Å². The van der Waals surface area contributed by atoms with Gasteiger partial charge >= 0.3 is 0 Å². The highest BCUT2D eigenvalue weighted by Crippen LogP contribution is 2.47. The van der Waals surface area contributed by atoms with Gasteiger partial charge in [-0.2, -0.15) is 0 Å². The van der Waals surface area contributed by atoms with Gasteiger partial charge in [0, 0.05) is 13.2 Å². The molecule has 0 unspecified atom stereocenters. The molecule has 0 aliphatic heterocycles. The molecule has 1 aliphatic rings. The van der Waals surface area contributed by atoms with Crippen molar-refractivity contribution in [1.29, 1.82) is 0 Å². The van der Waals surface area contributed by atoms with E-state index in [9.17, 15) is 9.18 Å². The second-order valence-electron chi connectivity index (χ2n) is 5.02. The van der Waals surface area contributed by atoms with Crippen molar-refractivity contribution in [2.45, 2.75) is 25.7 Å². The number of carbonyl (C=O) groups is 1. The molecule has 0 bridgehead atoms. The molecule has 4 heteroatoms. The summed E-state index contributed by atoms with van der Waals surface area (Å²) in [5, 5.41) is 11.7. The first-order valence-corrected chi connectivity index (χ1v) is 6.26. The number of aliphatic hydroxyl groups is 1. The van der Waals surface area contributed by atoms with Crippen LogP contribution in [-0.4, -0.2) is 24.2 Å². The normalized spacial score (nSPS) is 16.3. The number of aliphatic hydroxyl groups excluding tert-OH is 1. The molecule has 1 aromatic carbocycles. The fourth-order valence-electron chi connectivity index (χ4n) is 2.09. The van der Waals surface area contributed by atoms with Crippen LogP contribution in [-0.2, 0) is 11.2 Å². The Morgan fingerprint density at radius 2 is 2.11 bits per heavy atom. The van der Waals surface area contributed by atoms with E-state index in [1.165, 1.54) is 6.07 Å². The fraction of sp³-hybridized carbons (Fsp3) is 0.500. The number of hydrogen-bond donors (Lipinski definition) is 2. The van der Waals surface area contributed by atoms with Gasteiger partial charge in [0.2, 0.25) is 5.91 Å². The molecule has 18 heavy (non-hydrogen) atoms. The second kappa shape index (κ2) is 5.48. The predicted octanol–water partition coefficient (Wildman–Crippen LogP) is 1.65. The smallest absolute Gasteiger partial charge is 0.224 e. The first-order chi connectivity index (χ1) is 8.65. The number of hydrogen-bond acceptors (Lipinski definition) is 2. The van der Waals surface area contributed by atoms with E-state index in [0.29, 0.717) is 12.1 Å². The SMILES string of the molecule is O=C(Cc1ccccc1F)NCC1(CCO)CC1. The van der Waals surface area contributed by atoms with E-state index in [2.05, 4.69) is 5.32 Å². The molecule has 3 nitrogen and oxygen atoms in total. The summed E-state index contributed by atoms with van der Waals surface area (Å²) in [5.74, 6) is -0.506. The van der Waals surface area contributed by atoms with E-state index in [0.717, 1.165) is 19.3 Å². The van der Waals surface area contributed by atoms with Crippen molar-refractivity contribution in [1.82, 2.24) is 5.32 Å². The third-order valence-electron chi connectivity index (χ3n) is 3.57. The van der Waals surface area contributed by atoms with Crippen molar-refractivity contribution in [3.8, 4) is 0 Å². The minimum atomic E-state index is -0.343. The molecule has 2 N–H and O–H groups in total. The first kappa shape index (κ1) is 13.0. The van der Waals surface area contributed by atoms with Gasteiger partial charge in [-0.25, -0.2) is 4.39 Å². The van der Waals surface area contributed by atoms with E-state index in [1.807, 2.05) is 0 Å². The third-order valence-corrected chi connectivity index (χ3v) is 3.57. The standard InChI is InChI=1S/C14H18FNO2/c15-12-4-2-1-3-11(12)9-13(18)16-10-14(5-6-14)7-8-17/h1-4,17H,5-10H2,(H,16,18). The highest BCUT2D eigenvalue weighted by molar-refractivity contribution is 5.78. The van der Waals surface area contributed by atoms with E-state index in [-0.39, 0.29) is 30.2 Å². The highest BCUT2D eigenvalue weighted by atomic mass is 19.1. The van der Waals surface area contributed by atoms with E-state index in [4.69, 9.17) is 5.11 Å². The molecule has 2 rings (SSSR count). The Morgan fingerprint density at radius 3 is 2.72 bits per heavy atom. The molecule has 0 spiro atoms. The third kappa shape index (κ3) is 3.29. The van der Waals surface area contributed by atoms with Crippen molar-refractivity contribution in [2.24, 2.45) is 5.41 Å². The number of amides is 1. The van der Waals surface area contributed by atoms with Gasteiger partial charge in [-0.3, -0.25) is 4.79 Å². The Labute approximate surface area is 106 Å². The average molecular weight is 251 g/mol. The lowest BCUT2D eigenvalue weighted by Gasteiger charge is -2.14. The molecule has 98 valence electrons. The van der Waals surface area contributed by atoms with Crippen molar-refractivity contribution >= 4 is 5.91 Å². The predicted molar refractivity (Wildman–Crippen MR) is 66.5 cm³/mol. The number of carbonyl (C=O) groups excluding carboxylic acids is 1. The average Bonchev–Trinajstić information content (AvgIpc) is 3.11. The summed E-state index contributed by atoms with van der Waals surface area (Å²) in [6.45, 7) is 0.740. The van der Waals surface area contributed by atoms with Gasteiger partial charge in [0.25, 0.3) is 0 Å². The maximum Gasteiger partial charge on any atom is 0.224 e. The Balaban J connectivity index is 1.81. The lowest BCUT2D eigenvalue weighted by atomic mass is 10.0. The Morgan fingerprint density at radius 1 is 1.39 bits per heavy atom. The number of rotatable bonds is 6. The minimum Gasteiger partial charge on any atom is -0.396 e. The highest BCUT2D eigenvalue weighted by Gasteiger charge is 2.41. The van der Waals surface area contributed by atoms with Crippen LogP contribution in [0, 0.1) is 11.2 Å². The largest absolute Gasteiger partial charge is 0.396 e. The first-order valence-electron chi connectivity index (χ1n) is 6.26. The zero-order chi connectivity index (χ0) is 13.0. The van der Waals surface area contributed by atoms with Crippen LogP contribution in [0.2, 0.25) is 0 Å². The molecule has 1 aromatic rings. The van der Waals surface area contributed by atoms with Crippen molar-refractivity contribution < 1.29 is 14.3 Å². The van der Waals surface area contributed by atoms with Gasteiger partial charge in [-0.1, -0.05) is 18.2 Å². The monoisotopic (exact) mass is 251 g/mol. The summed E-state index contributed by atoms with van der Waals surface area (Å²) in [7, 11) is 0. The van der Waals surface area contributed by atoms with Gasteiger partial charge in [0.15, 0.2) is 0 Å². The summed E-state index contributed by atoms with van der Waals surface area (Å²) >= 11 is 0. The summed E-state index contributed by atoms with van der Waals surface area (Å²) in [5.41, 5.74) is 0.515. The lowest BCUT2D eigenvalue weighted by Crippen LogP contribution is -2.32. The Bertz CT molecular complexity index is 430.